The van der Waals surface area contributed by atoms with Crippen molar-refractivity contribution in [2.24, 2.45) is 5.92 Å². The fraction of sp³-hybridized carbons (Fsp3) is 0.800. The van der Waals surface area contributed by atoms with Crippen molar-refractivity contribution in [3.8, 4) is 0 Å². The van der Waals surface area contributed by atoms with Crippen molar-refractivity contribution < 1.29 is 9.84 Å². The van der Waals surface area contributed by atoms with Gasteiger partial charge in [0, 0.05) is 13.2 Å². The van der Waals surface area contributed by atoms with E-state index in [9.17, 15) is 5.11 Å². The molecule has 70 valence electrons. The standard InChI is InChI=1S/C10H18O2/c1-8(2)5-10(11)6-9-3-4-12-7-9/h9-11H,1,3-7H2,2H3. The summed E-state index contributed by atoms with van der Waals surface area (Å²) in [5, 5.41) is 9.56. The second kappa shape index (κ2) is 4.63. The normalized spacial score (nSPS) is 25.7. The molecule has 12 heavy (non-hydrogen) atoms. The summed E-state index contributed by atoms with van der Waals surface area (Å²) in [7, 11) is 0. The molecule has 2 nitrogen and oxygen atoms in total. The molecule has 1 N–H and O–H groups in total. The molecule has 0 saturated carbocycles. The summed E-state index contributed by atoms with van der Waals surface area (Å²) in [6.07, 6.45) is 2.49. The minimum absolute atomic E-state index is 0.214. The lowest BCUT2D eigenvalue weighted by molar-refractivity contribution is 0.129. The lowest BCUT2D eigenvalue weighted by Gasteiger charge is -2.13. The van der Waals surface area contributed by atoms with E-state index in [2.05, 4.69) is 6.58 Å². The van der Waals surface area contributed by atoms with Gasteiger partial charge < -0.3 is 9.84 Å². The van der Waals surface area contributed by atoms with Gasteiger partial charge in [0.05, 0.1) is 6.10 Å². The van der Waals surface area contributed by atoms with Gasteiger partial charge in [-0.3, -0.25) is 0 Å². The van der Waals surface area contributed by atoms with Crippen LogP contribution in [0.5, 0.6) is 0 Å². The highest BCUT2D eigenvalue weighted by molar-refractivity contribution is 4.91. The molecule has 0 bridgehead atoms. The number of rotatable bonds is 4. The fourth-order valence-corrected chi connectivity index (χ4v) is 1.64. The minimum Gasteiger partial charge on any atom is -0.393 e. The zero-order valence-electron chi connectivity index (χ0n) is 7.75. The third-order valence-corrected chi connectivity index (χ3v) is 2.21. The molecule has 0 aromatic heterocycles. The van der Waals surface area contributed by atoms with Gasteiger partial charge in [-0.15, -0.1) is 6.58 Å². The molecule has 0 radical (unpaired) electrons. The maximum absolute atomic E-state index is 9.56. The predicted octanol–water partition coefficient (Wildman–Crippen LogP) is 1.74. The van der Waals surface area contributed by atoms with Gasteiger partial charge in [-0.1, -0.05) is 5.57 Å². The van der Waals surface area contributed by atoms with E-state index in [-0.39, 0.29) is 6.10 Å². The quantitative estimate of drug-likeness (QED) is 0.651. The van der Waals surface area contributed by atoms with E-state index >= 15 is 0 Å². The van der Waals surface area contributed by atoms with Crippen molar-refractivity contribution in [2.75, 3.05) is 13.2 Å². The van der Waals surface area contributed by atoms with Crippen molar-refractivity contribution in [3.05, 3.63) is 12.2 Å². The van der Waals surface area contributed by atoms with Crippen molar-refractivity contribution in [1.29, 1.82) is 0 Å². The van der Waals surface area contributed by atoms with E-state index in [1.165, 1.54) is 0 Å². The largest absolute Gasteiger partial charge is 0.393 e. The lowest BCUT2D eigenvalue weighted by atomic mass is 9.97. The molecule has 0 aromatic carbocycles. The van der Waals surface area contributed by atoms with Crippen LogP contribution >= 0.6 is 0 Å². The summed E-state index contributed by atoms with van der Waals surface area (Å²) >= 11 is 0. The first-order valence-corrected chi connectivity index (χ1v) is 4.58. The second-order valence-electron chi connectivity index (χ2n) is 3.78. The second-order valence-corrected chi connectivity index (χ2v) is 3.78. The fourth-order valence-electron chi connectivity index (χ4n) is 1.64. The van der Waals surface area contributed by atoms with Gasteiger partial charge in [-0.2, -0.15) is 0 Å². The molecular formula is C10H18O2. The Kier molecular flexibility index (Phi) is 3.76. The molecule has 0 aromatic rings. The highest BCUT2D eigenvalue weighted by atomic mass is 16.5. The van der Waals surface area contributed by atoms with E-state index in [4.69, 9.17) is 4.74 Å². The molecule has 0 amide bonds. The Hall–Kier alpha value is -0.340. The molecule has 2 unspecified atom stereocenters. The SMILES string of the molecule is C=C(C)CC(O)CC1CCOC1. The monoisotopic (exact) mass is 170 g/mol. The third-order valence-electron chi connectivity index (χ3n) is 2.21. The highest BCUT2D eigenvalue weighted by Crippen LogP contribution is 2.20. The molecule has 1 aliphatic rings. The van der Waals surface area contributed by atoms with Crippen LogP contribution in [0.1, 0.15) is 26.2 Å². The van der Waals surface area contributed by atoms with Crippen molar-refractivity contribution in [2.45, 2.75) is 32.3 Å². The zero-order chi connectivity index (χ0) is 8.97. The molecule has 2 heteroatoms. The molecule has 1 heterocycles. The van der Waals surface area contributed by atoms with Crippen LogP contribution in [0.2, 0.25) is 0 Å². The summed E-state index contributed by atoms with van der Waals surface area (Å²) < 4.78 is 5.23. The topological polar surface area (TPSA) is 29.5 Å². The van der Waals surface area contributed by atoms with Gasteiger partial charge in [0.15, 0.2) is 0 Å². The first-order valence-electron chi connectivity index (χ1n) is 4.58. The minimum atomic E-state index is -0.214. The Balaban J connectivity index is 2.16. The first kappa shape index (κ1) is 9.75. The molecule has 1 aliphatic heterocycles. The molecule has 2 atom stereocenters. The first-order chi connectivity index (χ1) is 5.68. The summed E-state index contributed by atoms with van der Waals surface area (Å²) in [6.45, 7) is 7.42. The van der Waals surface area contributed by atoms with E-state index < -0.39 is 0 Å². The van der Waals surface area contributed by atoms with Crippen molar-refractivity contribution in [1.82, 2.24) is 0 Å². The number of hydrogen-bond donors (Lipinski definition) is 1. The molecule has 1 saturated heterocycles. The maximum Gasteiger partial charge on any atom is 0.0580 e. The Bertz CT molecular complexity index is 148. The van der Waals surface area contributed by atoms with E-state index in [1.54, 1.807) is 0 Å². The third kappa shape index (κ3) is 3.37. The van der Waals surface area contributed by atoms with E-state index in [0.717, 1.165) is 38.0 Å². The molecule has 0 aliphatic carbocycles. The average Bonchev–Trinajstić information content (AvgIpc) is 2.37. The lowest BCUT2D eigenvalue weighted by Crippen LogP contribution is -2.13. The Morgan fingerprint density at radius 2 is 2.50 bits per heavy atom. The van der Waals surface area contributed by atoms with Crippen LogP contribution < -0.4 is 0 Å². The van der Waals surface area contributed by atoms with Crippen molar-refractivity contribution >= 4 is 0 Å². The predicted molar refractivity (Wildman–Crippen MR) is 49.0 cm³/mol. The average molecular weight is 170 g/mol. The van der Waals surface area contributed by atoms with Crippen LogP contribution in [0.15, 0.2) is 12.2 Å². The van der Waals surface area contributed by atoms with Crippen LogP contribution in [0.3, 0.4) is 0 Å². The Morgan fingerprint density at radius 1 is 1.75 bits per heavy atom. The van der Waals surface area contributed by atoms with Crippen molar-refractivity contribution in [3.63, 3.8) is 0 Å². The summed E-state index contributed by atoms with van der Waals surface area (Å²) in [5.74, 6) is 0.569. The van der Waals surface area contributed by atoms with Crippen LogP contribution in [-0.2, 0) is 4.74 Å². The Labute approximate surface area is 74.2 Å². The summed E-state index contributed by atoms with van der Waals surface area (Å²) in [4.78, 5) is 0. The molecule has 1 rings (SSSR count). The van der Waals surface area contributed by atoms with E-state index in [1.807, 2.05) is 6.92 Å². The smallest absolute Gasteiger partial charge is 0.0580 e. The molecular weight excluding hydrogens is 152 g/mol. The molecule has 1 fully saturated rings. The number of ether oxygens (including phenoxy) is 1. The number of hydrogen-bond acceptors (Lipinski definition) is 2. The van der Waals surface area contributed by atoms with Gasteiger partial charge >= 0.3 is 0 Å². The van der Waals surface area contributed by atoms with Crippen LogP contribution in [0.4, 0.5) is 0 Å². The van der Waals surface area contributed by atoms with E-state index in [0.29, 0.717) is 5.92 Å². The molecule has 0 spiro atoms. The highest BCUT2D eigenvalue weighted by Gasteiger charge is 2.19. The van der Waals surface area contributed by atoms with Crippen LogP contribution in [0.25, 0.3) is 0 Å². The maximum atomic E-state index is 9.56. The van der Waals surface area contributed by atoms with Gasteiger partial charge in [0.25, 0.3) is 0 Å². The Morgan fingerprint density at radius 3 is 3.00 bits per heavy atom. The van der Waals surface area contributed by atoms with Gasteiger partial charge in [-0.05, 0) is 32.1 Å². The number of aliphatic hydroxyl groups is 1. The van der Waals surface area contributed by atoms with Crippen LogP contribution in [0, 0.1) is 5.92 Å². The van der Waals surface area contributed by atoms with Gasteiger partial charge in [0.1, 0.15) is 0 Å². The van der Waals surface area contributed by atoms with Crippen LogP contribution in [-0.4, -0.2) is 24.4 Å². The van der Waals surface area contributed by atoms with Gasteiger partial charge in [-0.25, -0.2) is 0 Å². The van der Waals surface area contributed by atoms with Gasteiger partial charge in [0.2, 0.25) is 0 Å². The summed E-state index contributed by atoms with van der Waals surface area (Å²) in [6, 6.07) is 0. The zero-order valence-corrected chi connectivity index (χ0v) is 7.75. The summed E-state index contributed by atoms with van der Waals surface area (Å²) in [5.41, 5.74) is 1.06. The number of aliphatic hydroxyl groups excluding tert-OH is 1.